The van der Waals surface area contributed by atoms with E-state index in [-0.39, 0.29) is 0 Å². The van der Waals surface area contributed by atoms with Gasteiger partial charge in [-0.25, -0.2) is 0 Å². The third-order valence-electron chi connectivity index (χ3n) is 4.54. The van der Waals surface area contributed by atoms with Crippen molar-refractivity contribution >= 4 is 21.5 Å². The minimum absolute atomic E-state index is 1.29. The van der Waals surface area contributed by atoms with Crippen LogP contribution >= 0.6 is 0 Å². The Morgan fingerprint density at radius 1 is 0.591 bits per heavy atom. The first kappa shape index (κ1) is 13.1. The maximum atomic E-state index is 2.30. The maximum absolute atomic E-state index is 2.30. The highest BCUT2D eigenvalue weighted by Gasteiger charge is 2.10. The summed E-state index contributed by atoms with van der Waals surface area (Å²) in [7, 11) is 0. The molecule has 0 atom stereocenters. The quantitative estimate of drug-likeness (QED) is 0.385. The predicted octanol–water partition coefficient (Wildman–Crippen LogP) is 6.28. The van der Waals surface area contributed by atoms with Gasteiger partial charge >= 0.3 is 0 Å². The van der Waals surface area contributed by atoms with Crippen molar-refractivity contribution in [1.29, 1.82) is 0 Å². The second-order valence-corrected chi connectivity index (χ2v) is 5.98. The summed E-state index contributed by atoms with van der Waals surface area (Å²) in [6.07, 6.45) is 0. The van der Waals surface area contributed by atoms with Gasteiger partial charge in [-0.15, -0.1) is 0 Å². The van der Waals surface area contributed by atoms with Gasteiger partial charge in [0.25, 0.3) is 0 Å². The summed E-state index contributed by atoms with van der Waals surface area (Å²) in [5.74, 6) is 0. The van der Waals surface area contributed by atoms with Crippen LogP contribution in [0.5, 0.6) is 0 Å². The molecule has 22 heavy (non-hydrogen) atoms. The molecule has 0 aliphatic carbocycles. The molecule has 4 rings (SSSR count). The van der Waals surface area contributed by atoms with Crippen LogP contribution in [0.15, 0.2) is 72.8 Å². The third kappa shape index (κ3) is 2.00. The molecule has 0 aliphatic heterocycles. The number of hydrogen-bond donors (Lipinski definition) is 0. The lowest BCUT2D eigenvalue weighted by molar-refractivity contribution is 1.42. The fourth-order valence-corrected chi connectivity index (χ4v) is 3.49. The summed E-state index contributed by atoms with van der Waals surface area (Å²) in [5.41, 5.74) is 5.38. The van der Waals surface area contributed by atoms with Crippen molar-refractivity contribution in [1.82, 2.24) is 0 Å². The smallest absolute Gasteiger partial charge is 0.0119 e. The second-order valence-electron chi connectivity index (χ2n) is 5.98. The molecular weight excluding hydrogens is 264 g/mol. The van der Waals surface area contributed by atoms with Gasteiger partial charge in [0.1, 0.15) is 0 Å². The lowest BCUT2D eigenvalue weighted by Crippen LogP contribution is -1.90. The minimum Gasteiger partial charge on any atom is -0.0616 e. The fraction of sp³-hybridized carbons (Fsp3) is 0.0909. The molecule has 0 heteroatoms. The zero-order valence-electron chi connectivity index (χ0n) is 12.9. The largest absolute Gasteiger partial charge is 0.0616 e. The molecule has 4 aromatic rings. The Kier molecular flexibility index (Phi) is 2.97. The molecule has 0 aliphatic rings. The van der Waals surface area contributed by atoms with E-state index in [1.165, 1.54) is 43.8 Å². The molecule has 0 unspecified atom stereocenters. The van der Waals surface area contributed by atoms with Crippen molar-refractivity contribution in [2.45, 2.75) is 13.8 Å². The highest BCUT2D eigenvalue weighted by molar-refractivity contribution is 5.95. The van der Waals surface area contributed by atoms with Crippen LogP contribution < -0.4 is 0 Å². The van der Waals surface area contributed by atoms with E-state index in [4.69, 9.17) is 0 Å². The van der Waals surface area contributed by atoms with E-state index in [1.54, 1.807) is 0 Å². The first-order valence-electron chi connectivity index (χ1n) is 7.72. The summed E-state index contributed by atoms with van der Waals surface area (Å²) < 4.78 is 0. The Morgan fingerprint density at radius 3 is 2.09 bits per heavy atom. The Hall–Kier alpha value is -2.60. The minimum atomic E-state index is 1.29. The highest BCUT2D eigenvalue weighted by atomic mass is 14.1. The highest BCUT2D eigenvalue weighted by Crippen LogP contribution is 2.34. The average molecular weight is 282 g/mol. The number of rotatable bonds is 1. The molecule has 0 bridgehead atoms. The van der Waals surface area contributed by atoms with Crippen molar-refractivity contribution in [3.05, 3.63) is 83.9 Å². The summed E-state index contributed by atoms with van der Waals surface area (Å²) in [5, 5.41) is 5.26. The van der Waals surface area contributed by atoms with Gasteiger partial charge in [0, 0.05) is 0 Å². The van der Waals surface area contributed by atoms with Gasteiger partial charge < -0.3 is 0 Å². The lowest BCUT2D eigenvalue weighted by atomic mass is 9.90. The van der Waals surface area contributed by atoms with Gasteiger partial charge in [-0.05, 0) is 63.7 Å². The third-order valence-corrected chi connectivity index (χ3v) is 4.54. The Balaban J connectivity index is 2.03. The molecule has 0 aromatic heterocycles. The predicted molar refractivity (Wildman–Crippen MR) is 96.4 cm³/mol. The molecule has 0 saturated carbocycles. The van der Waals surface area contributed by atoms with Gasteiger partial charge in [0.15, 0.2) is 0 Å². The van der Waals surface area contributed by atoms with Crippen molar-refractivity contribution < 1.29 is 0 Å². The summed E-state index contributed by atoms with van der Waals surface area (Å²) in [6.45, 7) is 4.45. The summed E-state index contributed by atoms with van der Waals surface area (Å²) in [4.78, 5) is 0. The summed E-state index contributed by atoms with van der Waals surface area (Å²) in [6, 6.07) is 26.3. The molecule has 0 saturated heterocycles. The Morgan fingerprint density at radius 2 is 1.27 bits per heavy atom. The molecule has 0 heterocycles. The van der Waals surface area contributed by atoms with Gasteiger partial charge in [-0.1, -0.05) is 66.7 Å². The van der Waals surface area contributed by atoms with Crippen molar-refractivity contribution in [3.8, 4) is 11.1 Å². The van der Waals surface area contributed by atoms with Crippen LogP contribution in [0, 0.1) is 13.8 Å². The van der Waals surface area contributed by atoms with Crippen molar-refractivity contribution in [2.24, 2.45) is 0 Å². The van der Waals surface area contributed by atoms with Crippen LogP contribution in [0.4, 0.5) is 0 Å². The van der Waals surface area contributed by atoms with Crippen LogP contribution in [0.2, 0.25) is 0 Å². The first-order valence-corrected chi connectivity index (χ1v) is 7.72. The van der Waals surface area contributed by atoms with Crippen molar-refractivity contribution in [3.63, 3.8) is 0 Å². The number of fused-ring (bicyclic) bond motifs is 2. The standard InChI is InChI=1S/C22H18/c1-15-13-19-9-5-6-10-21(19)16(2)22(15)20-12-11-17-7-3-4-8-18(17)14-20/h3-14H,1-2H3. The number of aryl methyl sites for hydroxylation is 2. The zero-order valence-corrected chi connectivity index (χ0v) is 12.9. The van der Waals surface area contributed by atoms with E-state index in [2.05, 4.69) is 86.6 Å². The SMILES string of the molecule is Cc1cc2ccccc2c(C)c1-c1ccc2ccccc2c1. The normalized spacial score (nSPS) is 11.2. The van der Waals surface area contributed by atoms with E-state index in [0.717, 1.165) is 0 Å². The molecule has 0 radical (unpaired) electrons. The van der Waals surface area contributed by atoms with Crippen LogP contribution in [0.1, 0.15) is 11.1 Å². The van der Waals surface area contributed by atoms with E-state index in [0.29, 0.717) is 0 Å². The van der Waals surface area contributed by atoms with Crippen LogP contribution in [0.25, 0.3) is 32.7 Å². The second kappa shape index (κ2) is 4.99. The molecular formula is C22H18. The van der Waals surface area contributed by atoms with Gasteiger partial charge in [-0.2, -0.15) is 0 Å². The van der Waals surface area contributed by atoms with Crippen LogP contribution in [0.3, 0.4) is 0 Å². The topological polar surface area (TPSA) is 0 Å². The fourth-order valence-electron chi connectivity index (χ4n) is 3.49. The van der Waals surface area contributed by atoms with E-state index < -0.39 is 0 Å². The van der Waals surface area contributed by atoms with Gasteiger partial charge in [-0.3, -0.25) is 0 Å². The van der Waals surface area contributed by atoms with Gasteiger partial charge in [0.05, 0.1) is 0 Å². The molecule has 106 valence electrons. The lowest BCUT2D eigenvalue weighted by Gasteiger charge is -2.14. The number of hydrogen-bond acceptors (Lipinski definition) is 0. The Labute approximate surface area is 131 Å². The van der Waals surface area contributed by atoms with Crippen molar-refractivity contribution in [2.75, 3.05) is 0 Å². The summed E-state index contributed by atoms with van der Waals surface area (Å²) >= 11 is 0. The van der Waals surface area contributed by atoms with E-state index in [9.17, 15) is 0 Å². The molecule has 0 fully saturated rings. The maximum Gasteiger partial charge on any atom is -0.0119 e. The molecule has 4 aromatic carbocycles. The Bertz CT molecular complexity index is 993. The molecule has 0 nitrogen and oxygen atoms in total. The number of benzene rings is 4. The molecule has 0 N–H and O–H groups in total. The average Bonchev–Trinajstić information content (AvgIpc) is 2.55. The van der Waals surface area contributed by atoms with Crippen LogP contribution in [-0.2, 0) is 0 Å². The first-order chi connectivity index (χ1) is 10.7. The van der Waals surface area contributed by atoms with Gasteiger partial charge in [0.2, 0.25) is 0 Å². The molecule has 0 amide bonds. The zero-order chi connectivity index (χ0) is 15.1. The van der Waals surface area contributed by atoms with E-state index >= 15 is 0 Å². The van der Waals surface area contributed by atoms with E-state index in [1.807, 2.05) is 0 Å². The monoisotopic (exact) mass is 282 g/mol. The van der Waals surface area contributed by atoms with Crippen LogP contribution in [-0.4, -0.2) is 0 Å². The molecule has 0 spiro atoms.